The highest BCUT2D eigenvalue weighted by molar-refractivity contribution is 6.35. The van der Waals surface area contributed by atoms with Gasteiger partial charge in [0.1, 0.15) is 18.2 Å². The summed E-state index contributed by atoms with van der Waals surface area (Å²) < 4.78 is 18.7. The highest BCUT2D eigenvalue weighted by atomic mass is 35.5. The lowest BCUT2D eigenvalue weighted by Gasteiger charge is -2.13. The predicted molar refractivity (Wildman–Crippen MR) is 75.1 cm³/mol. The normalized spacial score (nSPS) is 10.5. The molecule has 2 aromatic carbocycles. The van der Waals surface area contributed by atoms with E-state index in [1.54, 1.807) is 24.3 Å². The Kier molecular flexibility index (Phi) is 4.64. The van der Waals surface area contributed by atoms with Crippen LogP contribution in [0.2, 0.25) is 10.0 Å². The van der Waals surface area contributed by atoms with Gasteiger partial charge in [-0.05, 0) is 29.8 Å². The van der Waals surface area contributed by atoms with E-state index in [0.29, 0.717) is 26.9 Å². The van der Waals surface area contributed by atoms with Gasteiger partial charge in [-0.15, -0.1) is 0 Å². The Morgan fingerprint density at radius 1 is 1.16 bits per heavy atom. The van der Waals surface area contributed by atoms with Crippen molar-refractivity contribution in [3.63, 3.8) is 0 Å². The number of hydrogen-bond acceptors (Lipinski definition) is 2. The second kappa shape index (κ2) is 6.24. The first kappa shape index (κ1) is 14.1. The van der Waals surface area contributed by atoms with Crippen molar-refractivity contribution in [2.24, 2.45) is 5.73 Å². The van der Waals surface area contributed by atoms with E-state index in [-0.39, 0.29) is 19.0 Å². The van der Waals surface area contributed by atoms with Crippen LogP contribution in [0, 0.1) is 5.82 Å². The lowest BCUT2D eigenvalue weighted by molar-refractivity contribution is 0.302. The van der Waals surface area contributed by atoms with Crippen molar-refractivity contribution in [3.05, 3.63) is 63.4 Å². The van der Waals surface area contributed by atoms with Crippen molar-refractivity contribution in [2.75, 3.05) is 0 Å². The molecule has 0 saturated heterocycles. The van der Waals surface area contributed by atoms with Crippen molar-refractivity contribution in [2.45, 2.75) is 13.2 Å². The van der Waals surface area contributed by atoms with Gasteiger partial charge in [0, 0.05) is 17.1 Å². The van der Waals surface area contributed by atoms with Gasteiger partial charge in [0.25, 0.3) is 0 Å². The first-order chi connectivity index (χ1) is 9.10. The van der Waals surface area contributed by atoms with Crippen LogP contribution in [0.15, 0.2) is 36.4 Å². The lowest BCUT2D eigenvalue weighted by Crippen LogP contribution is -2.03. The summed E-state index contributed by atoms with van der Waals surface area (Å²) in [6.45, 7) is 0.477. The Morgan fingerprint density at radius 3 is 2.63 bits per heavy atom. The van der Waals surface area contributed by atoms with Gasteiger partial charge < -0.3 is 10.5 Å². The molecule has 0 aromatic heterocycles. The molecule has 2 N–H and O–H groups in total. The molecule has 0 amide bonds. The molecule has 0 saturated carbocycles. The molecular weight excluding hydrogens is 288 g/mol. The molecule has 0 unspecified atom stereocenters. The van der Waals surface area contributed by atoms with Gasteiger partial charge in [-0.3, -0.25) is 0 Å². The van der Waals surface area contributed by atoms with Crippen LogP contribution in [-0.2, 0) is 13.2 Å². The number of ether oxygens (including phenoxy) is 1. The topological polar surface area (TPSA) is 35.2 Å². The maximum absolute atomic E-state index is 13.1. The van der Waals surface area contributed by atoms with E-state index in [2.05, 4.69) is 0 Å². The SMILES string of the molecule is NCc1cc(Cl)cc(Cl)c1OCc1cccc(F)c1. The molecule has 5 heteroatoms. The fourth-order valence-corrected chi connectivity index (χ4v) is 2.30. The maximum atomic E-state index is 13.1. The molecule has 2 aromatic rings. The average Bonchev–Trinajstić information content (AvgIpc) is 2.37. The minimum absolute atomic E-state index is 0.214. The van der Waals surface area contributed by atoms with Crippen LogP contribution in [0.25, 0.3) is 0 Å². The van der Waals surface area contributed by atoms with Crippen LogP contribution >= 0.6 is 23.2 Å². The smallest absolute Gasteiger partial charge is 0.142 e. The van der Waals surface area contributed by atoms with Crippen molar-refractivity contribution >= 4 is 23.2 Å². The van der Waals surface area contributed by atoms with Crippen molar-refractivity contribution < 1.29 is 9.13 Å². The second-order valence-corrected chi connectivity index (χ2v) is 4.84. The van der Waals surface area contributed by atoms with E-state index >= 15 is 0 Å². The van der Waals surface area contributed by atoms with Crippen molar-refractivity contribution in [3.8, 4) is 5.75 Å². The third-order valence-corrected chi connectivity index (χ3v) is 3.08. The monoisotopic (exact) mass is 299 g/mol. The molecule has 0 fully saturated rings. The minimum Gasteiger partial charge on any atom is -0.487 e. The van der Waals surface area contributed by atoms with Gasteiger partial charge in [0.05, 0.1) is 5.02 Å². The van der Waals surface area contributed by atoms with Gasteiger partial charge >= 0.3 is 0 Å². The molecule has 19 heavy (non-hydrogen) atoms. The number of benzene rings is 2. The molecule has 0 radical (unpaired) electrons. The summed E-state index contributed by atoms with van der Waals surface area (Å²) in [5.74, 6) is 0.181. The quantitative estimate of drug-likeness (QED) is 0.919. The van der Waals surface area contributed by atoms with Crippen LogP contribution in [-0.4, -0.2) is 0 Å². The van der Waals surface area contributed by atoms with Crippen LogP contribution in [0.4, 0.5) is 4.39 Å². The van der Waals surface area contributed by atoms with Crippen LogP contribution in [0.5, 0.6) is 5.75 Å². The zero-order valence-corrected chi connectivity index (χ0v) is 11.5. The highest BCUT2D eigenvalue weighted by Crippen LogP contribution is 2.32. The van der Waals surface area contributed by atoms with E-state index in [0.717, 1.165) is 0 Å². The summed E-state index contributed by atoms with van der Waals surface area (Å²) in [6, 6.07) is 9.48. The summed E-state index contributed by atoms with van der Waals surface area (Å²) in [6.07, 6.45) is 0. The minimum atomic E-state index is -0.303. The predicted octanol–water partition coefficient (Wildman–Crippen LogP) is 4.17. The highest BCUT2D eigenvalue weighted by Gasteiger charge is 2.10. The summed E-state index contributed by atoms with van der Waals surface area (Å²) in [7, 11) is 0. The summed E-state index contributed by atoms with van der Waals surface area (Å²) in [4.78, 5) is 0. The lowest BCUT2D eigenvalue weighted by atomic mass is 10.2. The van der Waals surface area contributed by atoms with Gasteiger partial charge in [-0.2, -0.15) is 0 Å². The van der Waals surface area contributed by atoms with E-state index in [1.807, 2.05) is 0 Å². The Hall–Kier alpha value is -1.29. The summed E-state index contributed by atoms with van der Waals surface area (Å²) in [5.41, 5.74) is 7.06. The second-order valence-electron chi connectivity index (χ2n) is 4.00. The molecule has 0 spiro atoms. The van der Waals surface area contributed by atoms with Gasteiger partial charge in [-0.1, -0.05) is 35.3 Å². The van der Waals surface area contributed by atoms with Gasteiger partial charge in [0.15, 0.2) is 0 Å². The average molecular weight is 300 g/mol. The number of halogens is 3. The van der Waals surface area contributed by atoms with Crippen molar-refractivity contribution in [1.29, 1.82) is 0 Å². The van der Waals surface area contributed by atoms with Crippen LogP contribution < -0.4 is 10.5 Å². The zero-order chi connectivity index (χ0) is 13.8. The fourth-order valence-electron chi connectivity index (χ4n) is 1.71. The largest absolute Gasteiger partial charge is 0.487 e. The van der Waals surface area contributed by atoms with Crippen LogP contribution in [0.1, 0.15) is 11.1 Å². The van der Waals surface area contributed by atoms with E-state index in [4.69, 9.17) is 33.7 Å². The number of rotatable bonds is 4. The van der Waals surface area contributed by atoms with E-state index in [1.165, 1.54) is 12.1 Å². The van der Waals surface area contributed by atoms with Crippen molar-refractivity contribution in [1.82, 2.24) is 0 Å². The molecule has 0 bridgehead atoms. The number of hydrogen-bond donors (Lipinski definition) is 1. The molecule has 0 heterocycles. The van der Waals surface area contributed by atoms with Crippen LogP contribution in [0.3, 0.4) is 0 Å². The third-order valence-electron chi connectivity index (χ3n) is 2.58. The molecule has 0 aliphatic carbocycles. The Balaban J connectivity index is 2.19. The molecule has 0 aliphatic rings. The Labute approximate surface area is 120 Å². The molecule has 2 nitrogen and oxygen atoms in total. The molecule has 100 valence electrons. The Morgan fingerprint density at radius 2 is 1.95 bits per heavy atom. The standard InChI is InChI=1S/C14H12Cl2FNO/c15-11-5-10(7-18)14(13(16)6-11)19-8-9-2-1-3-12(17)4-9/h1-6H,7-8,18H2. The third kappa shape index (κ3) is 3.60. The molecule has 0 atom stereocenters. The summed E-state index contributed by atoms with van der Waals surface area (Å²) >= 11 is 12.0. The Bertz CT molecular complexity index is 590. The molecular formula is C14H12Cl2FNO. The molecule has 0 aliphatic heterocycles. The van der Waals surface area contributed by atoms with E-state index < -0.39 is 0 Å². The first-order valence-electron chi connectivity index (χ1n) is 5.65. The van der Waals surface area contributed by atoms with Gasteiger partial charge in [0.2, 0.25) is 0 Å². The molecule has 2 rings (SSSR count). The zero-order valence-electron chi connectivity index (χ0n) is 10.00. The van der Waals surface area contributed by atoms with Gasteiger partial charge in [-0.25, -0.2) is 4.39 Å². The summed E-state index contributed by atoms with van der Waals surface area (Å²) in [5, 5.41) is 0.896. The number of nitrogens with two attached hydrogens (primary N) is 1. The first-order valence-corrected chi connectivity index (χ1v) is 6.41. The maximum Gasteiger partial charge on any atom is 0.142 e. The van der Waals surface area contributed by atoms with E-state index in [9.17, 15) is 4.39 Å². The fraction of sp³-hybridized carbons (Fsp3) is 0.143.